The zero-order chi connectivity index (χ0) is 14.7. The molecule has 0 radical (unpaired) electrons. The van der Waals surface area contributed by atoms with E-state index in [4.69, 9.17) is 10.2 Å². The zero-order valence-electron chi connectivity index (χ0n) is 12.0. The summed E-state index contributed by atoms with van der Waals surface area (Å²) in [6.45, 7) is 1.67. The lowest BCUT2D eigenvalue weighted by atomic mass is 10.0. The second kappa shape index (κ2) is 6.41. The van der Waals surface area contributed by atoms with E-state index in [1.54, 1.807) is 18.4 Å². The van der Waals surface area contributed by atoms with E-state index in [-0.39, 0.29) is 11.9 Å². The molecule has 1 aliphatic carbocycles. The molecule has 0 bridgehead atoms. The molecule has 4 heteroatoms. The maximum Gasteiger partial charge on any atom is 0.127 e. The summed E-state index contributed by atoms with van der Waals surface area (Å²) in [6.07, 6.45) is 4.91. The highest BCUT2D eigenvalue weighted by Crippen LogP contribution is 2.29. The maximum absolute atomic E-state index is 13.7. The predicted molar refractivity (Wildman–Crippen MR) is 80.1 cm³/mol. The average molecular weight is 288 g/mol. The van der Waals surface area contributed by atoms with Gasteiger partial charge in [-0.3, -0.25) is 4.90 Å². The van der Waals surface area contributed by atoms with E-state index in [1.807, 2.05) is 18.2 Å². The average Bonchev–Trinajstić information content (AvgIpc) is 3.21. The summed E-state index contributed by atoms with van der Waals surface area (Å²) < 4.78 is 19.2. The van der Waals surface area contributed by atoms with E-state index in [9.17, 15) is 4.39 Å². The Morgan fingerprint density at radius 2 is 2.05 bits per heavy atom. The molecule has 1 fully saturated rings. The first-order chi connectivity index (χ1) is 10.2. The highest BCUT2D eigenvalue weighted by molar-refractivity contribution is 5.20. The first kappa shape index (κ1) is 14.3. The van der Waals surface area contributed by atoms with Crippen molar-refractivity contribution in [3.63, 3.8) is 0 Å². The fourth-order valence-electron chi connectivity index (χ4n) is 2.67. The maximum atomic E-state index is 13.7. The molecule has 0 saturated heterocycles. The molecule has 1 atom stereocenters. The molecule has 112 valence electrons. The van der Waals surface area contributed by atoms with Crippen LogP contribution in [0, 0.1) is 5.82 Å². The Hall–Kier alpha value is -1.65. The van der Waals surface area contributed by atoms with Crippen LogP contribution in [0.5, 0.6) is 0 Å². The Bertz CT molecular complexity index is 566. The number of rotatable bonds is 7. The van der Waals surface area contributed by atoms with E-state index in [0.717, 1.165) is 25.3 Å². The van der Waals surface area contributed by atoms with Crippen molar-refractivity contribution >= 4 is 0 Å². The molecule has 1 aromatic heterocycles. The number of hydrogen-bond acceptors (Lipinski definition) is 3. The molecule has 21 heavy (non-hydrogen) atoms. The third kappa shape index (κ3) is 3.71. The van der Waals surface area contributed by atoms with Crippen LogP contribution in [-0.4, -0.2) is 17.5 Å². The molecule has 0 spiro atoms. The molecule has 1 unspecified atom stereocenters. The van der Waals surface area contributed by atoms with Crippen molar-refractivity contribution in [2.45, 2.75) is 37.9 Å². The van der Waals surface area contributed by atoms with Crippen molar-refractivity contribution in [3.8, 4) is 0 Å². The Morgan fingerprint density at radius 3 is 2.71 bits per heavy atom. The van der Waals surface area contributed by atoms with Crippen molar-refractivity contribution in [1.29, 1.82) is 0 Å². The fraction of sp³-hybridized carbons (Fsp3) is 0.412. The smallest absolute Gasteiger partial charge is 0.127 e. The lowest BCUT2D eigenvalue weighted by Gasteiger charge is -2.23. The summed E-state index contributed by atoms with van der Waals surface area (Å²) in [5.41, 5.74) is 6.75. The minimum atomic E-state index is -0.260. The van der Waals surface area contributed by atoms with E-state index in [0.29, 0.717) is 11.6 Å². The number of furan rings is 1. The summed E-state index contributed by atoms with van der Waals surface area (Å²) in [7, 11) is 0. The lowest BCUT2D eigenvalue weighted by Crippen LogP contribution is -2.29. The van der Waals surface area contributed by atoms with Gasteiger partial charge in [-0.2, -0.15) is 0 Å². The number of nitrogens with two attached hydrogens (primary N) is 1. The normalized spacial score (nSPS) is 16.3. The fourth-order valence-corrected chi connectivity index (χ4v) is 2.67. The molecule has 1 aliphatic rings. The number of benzene rings is 1. The van der Waals surface area contributed by atoms with Crippen molar-refractivity contribution in [1.82, 2.24) is 4.90 Å². The van der Waals surface area contributed by atoms with Gasteiger partial charge in [0.25, 0.3) is 0 Å². The molecule has 1 saturated carbocycles. The standard InChI is InChI=1S/C17H21FN2O/c18-16-6-2-1-5-15(16)17(19)9-10-20(13-7-8-13)12-14-4-3-11-21-14/h1-6,11,13,17H,7-10,12,19H2. The zero-order valence-corrected chi connectivity index (χ0v) is 12.0. The second-order valence-electron chi connectivity index (χ2n) is 5.70. The molecule has 2 N–H and O–H groups in total. The van der Waals surface area contributed by atoms with Crippen molar-refractivity contribution in [2.75, 3.05) is 6.54 Å². The Kier molecular flexibility index (Phi) is 4.36. The summed E-state index contributed by atoms with van der Waals surface area (Å²) >= 11 is 0. The van der Waals surface area contributed by atoms with E-state index < -0.39 is 0 Å². The monoisotopic (exact) mass is 288 g/mol. The summed E-state index contributed by atoms with van der Waals surface area (Å²) in [6, 6.07) is 11.0. The molecule has 2 aromatic rings. The van der Waals surface area contributed by atoms with Crippen LogP contribution in [0.1, 0.15) is 36.6 Å². The van der Waals surface area contributed by atoms with Gasteiger partial charge in [-0.25, -0.2) is 4.39 Å². The number of hydrogen-bond donors (Lipinski definition) is 1. The van der Waals surface area contributed by atoms with Gasteiger partial charge in [-0.05, 0) is 37.5 Å². The largest absolute Gasteiger partial charge is 0.468 e. The molecular formula is C17H21FN2O. The van der Waals surface area contributed by atoms with Crippen LogP contribution in [0.25, 0.3) is 0 Å². The Labute approximate surface area is 124 Å². The number of halogens is 1. The van der Waals surface area contributed by atoms with Crippen molar-refractivity contribution < 1.29 is 8.81 Å². The van der Waals surface area contributed by atoms with Gasteiger partial charge in [0.2, 0.25) is 0 Å². The van der Waals surface area contributed by atoms with E-state index in [2.05, 4.69) is 4.90 Å². The minimum absolute atomic E-state index is 0.214. The minimum Gasteiger partial charge on any atom is -0.468 e. The van der Waals surface area contributed by atoms with Gasteiger partial charge < -0.3 is 10.2 Å². The highest BCUT2D eigenvalue weighted by atomic mass is 19.1. The predicted octanol–water partition coefficient (Wildman–Crippen LogP) is 3.47. The highest BCUT2D eigenvalue weighted by Gasteiger charge is 2.29. The third-order valence-corrected chi connectivity index (χ3v) is 4.03. The third-order valence-electron chi connectivity index (χ3n) is 4.03. The molecular weight excluding hydrogens is 267 g/mol. The topological polar surface area (TPSA) is 42.4 Å². The van der Waals surface area contributed by atoms with Crippen molar-refractivity contribution in [3.05, 3.63) is 59.8 Å². The first-order valence-electron chi connectivity index (χ1n) is 7.50. The van der Waals surface area contributed by atoms with Gasteiger partial charge >= 0.3 is 0 Å². The van der Waals surface area contributed by atoms with Crippen LogP contribution in [-0.2, 0) is 6.54 Å². The van der Waals surface area contributed by atoms with Crippen molar-refractivity contribution in [2.24, 2.45) is 5.73 Å². The van der Waals surface area contributed by atoms with Crippen LogP contribution >= 0.6 is 0 Å². The molecule has 3 rings (SSSR count). The lowest BCUT2D eigenvalue weighted by molar-refractivity contribution is 0.225. The quantitative estimate of drug-likeness (QED) is 0.848. The van der Waals surface area contributed by atoms with E-state index >= 15 is 0 Å². The SMILES string of the molecule is NC(CCN(Cc1ccco1)C1CC1)c1ccccc1F. The summed E-state index contributed by atoms with van der Waals surface area (Å²) in [5, 5.41) is 0. The molecule has 0 amide bonds. The van der Waals surface area contributed by atoms with Gasteiger partial charge in [0.05, 0.1) is 12.8 Å². The summed E-state index contributed by atoms with van der Waals surface area (Å²) in [5.74, 6) is 0.760. The number of nitrogens with zero attached hydrogens (tertiary/aromatic N) is 1. The van der Waals surface area contributed by atoms with Gasteiger partial charge in [-0.15, -0.1) is 0 Å². The second-order valence-corrected chi connectivity index (χ2v) is 5.70. The van der Waals surface area contributed by atoms with Gasteiger partial charge in [0.1, 0.15) is 11.6 Å². The van der Waals surface area contributed by atoms with E-state index in [1.165, 1.54) is 18.9 Å². The van der Waals surface area contributed by atoms with Gasteiger partial charge in [-0.1, -0.05) is 18.2 Å². The molecule has 3 nitrogen and oxygen atoms in total. The van der Waals surface area contributed by atoms with Crippen LogP contribution in [0.15, 0.2) is 47.1 Å². The Balaban J connectivity index is 1.58. The van der Waals surface area contributed by atoms with Crippen LogP contribution < -0.4 is 5.73 Å². The molecule has 1 heterocycles. The molecule has 1 aromatic carbocycles. The van der Waals surface area contributed by atoms with Crippen LogP contribution in [0.4, 0.5) is 4.39 Å². The van der Waals surface area contributed by atoms with Crippen LogP contribution in [0.3, 0.4) is 0 Å². The first-order valence-corrected chi connectivity index (χ1v) is 7.50. The summed E-state index contributed by atoms with van der Waals surface area (Å²) in [4.78, 5) is 2.39. The van der Waals surface area contributed by atoms with Crippen LogP contribution in [0.2, 0.25) is 0 Å². The van der Waals surface area contributed by atoms with Gasteiger partial charge in [0, 0.05) is 24.2 Å². The van der Waals surface area contributed by atoms with Gasteiger partial charge in [0.15, 0.2) is 0 Å². The Morgan fingerprint density at radius 1 is 1.24 bits per heavy atom. The molecule has 0 aliphatic heterocycles.